The van der Waals surface area contributed by atoms with Gasteiger partial charge in [-0.05, 0) is 12.1 Å². The van der Waals surface area contributed by atoms with Gasteiger partial charge in [0.15, 0.2) is 0 Å². The number of nitriles is 1. The average Bonchev–Trinajstić information content (AvgIpc) is 2.87. The van der Waals surface area contributed by atoms with E-state index in [4.69, 9.17) is 5.26 Å². The molecule has 1 aromatic carbocycles. The molecule has 0 aliphatic rings. The van der Waals surface area contributed by atoms with Gasteiger partial charge in [-0.15, -0.1) is 0 Å². The number of anilines is 1. The van der Waals surface area contributed by atoms with Crippen LogP contribution in [0.15, 0.2) is 42.7 Å². The highest BCUT2D eigenvalue weighted by molar-refractivity contribution is 6.05. The summed E-state index contributed by atoms with van der Waals surface area (Å²) in [7, 11) is 1.76. The van der Waals surface area contributed by atoms with Crippen LogP contribution in [0.5, 0.6) is 0 Å². The van der Waals surface area contributed by atoms with Crippen molar-refractivity contribution in [2.24, 2.45) is 7.05 Å². The Morgan fingerprint density at radius 1 is 1.42 bits per heavy atom. The number of hydrogen-bond donors (Lipinski definition) is 0. The lowest BCUT2D eigenvalue weighted by Gasteiger charge is -2.20. The number of rotatable bonds is 4. The summed E-state index contributed by atoms with van der Waals surface area (Å²) in [5.74, 6) is -0.144. The number of nitrogens with zero attached hydrogens (tertiary/aromatic N) is 4. The Hall–Kier alpha value is -2.61. The number of hydrogen-bond acceptors (Lipinski definition) is 3. The predicted molar refractivity (Wildman–Crippen MR) is 71.6 cm³/mol. The minimum absolute atomic E-state index is 0.144. The Morgan fingerprint density at radius 2 is 2.16 bits per heavy atom. The van der Waals surface area contributed by atoms with E-state index in [0.717, 1.165) is 5.69 Å². The molecule has 5 nitrogen and oxygen atoms in total. The van der Waals surface area contributed by atoms with Crippen LogP contribution in [-0.2, 0) is 7.05 Å². The summed E-state index contributed by atoms with van der Waals surface area (Å²) in [6, 6.07) is 11.4. The van der Waals surface area contributed by atoms with Crippen LogP contribution in [0.2, 0.25) is 0 Å². The molecule has 1 heterocycles. The number of aryl methyl sites for hydroxylation is 1. The van der Waals surface area contributed by atoms with Gasteiger partial charge in [0.05, 0.1) is 24.3 Å². The smallest absolute Gasteiger partial charge is 0.261 e. The molecule has 0 radical (unpaired) electrons. The van der Waals surface area contributed by atoms with Crippen molar-refractivity contribution in [3.63, 3.8) is 0 Å². The summed E-state index contributed by atoms with van der Waals surface area (Å²) < 4.78 is 1.58. The van der Waals surface area contributed by atoms with Gasteiger partial charge in [-0.1, -0.05) is 18.2 Å². The number of carbonyl (C=O) groups is 1. The fraction of sp³-hybridized carbons (Fsp3) is 0.214. The molecule has 0 N–H and O–H groups in total. The van der Waals surface area contributed by atoms with E-state index in [-0.39, 0.29) is 5.91 Å². The van der Waals surface area contributed by atoms with Crippen LogP contribution in [0.25, 0.3) is 0 Å². The second-order valence-corrected chi connectivity index (χ2v) is 4.10. The van der Waals surface area contributed by atoms with Crippen molar-refractivity contribution in [3.05, 3.63) is 48.3 Å². The molecule has 0 spiro atoms. The van der Waals surface area contributed by atoms with E-state index in [1.807, 2.05) is 30.3 Å². The number of benzene rings is 1. The van der Waals surface area contributed by atoms with Crippen LogP contribution < -0.4 is 4.90 Å². The molecule has 2 aromatic rings. The zero-order valence-corrected chi connectivity index (χ0v) is 10.7. The first-order valence-corrected chi connectivity index (χ1v) is 5.95. The van der Waals surface area contributed by atoms with E-state index in [9.17, 15) is 4.79 Å². The summed E-state index contributed by atoms with van der Waals surface area (Å²) in [6.07, 6.45) is 3.50. The van der Waals surface area contributed by atoms with Crippen molar-refractivity contribution in [2.75, 3.05) is 11.4 Å². The molecule has 0 saturated heterocycles. The summed E-state index contributed by atoms with van der Waals surface area (Å²) in [5, 5.41) is 12.7. The Morgan fingerprint density at radius 3 is 2.74 bits per heavy atom. The first-order chi connectivity index (χ1) is 9.22. The Balaban J connectivity index is 2.28. The van der Waals surface area contributed by atoms with Crippen molar-refractivity contribution in [1.82, 2.24) is 9.78 Å². The van der Waals surface area contributed by atoms with Crippen molar-refractivity contribution in [3.8, 4) is 6.07 Å². The maximum absolute atomic E-state index is 12.4. The molecule has 1 aromatic heterocycles. The van der Waals surface area contributed by atoms with Crippen LogP contribution in [0.1, 0.15) is 16.8 Å². The highest BCUT2D eigenvalue weighted by Gasteiger charge is 2.18. The van der Waals surface area contributed by atoms with Gasteiger partial charge in [0.2, 0.25) is 0 Å². The second kappa shape index (κ2) is 5.83. The lowest BCUT2D eigenvalue weighted by atomic mass is 10.2. The van der Waals surface area contributed by atoms with Crippen molar-refractivity contribution < 1.29 is 4.79 Å². The average molecular weight is 254 g/mol. The first-order valence-electron chi connectivity index (χ1n) is 5.95. The van der Waals surface area contributed by atoms with Crippen molar-refractivity contribution >= 4 is 11.6 Å². The molecule has 96 valence electrons. The molecule has 0 saturated carbocycles. The third kappa shape index (κ3) is 2.99. The molecule has 0 unspecified atom stereocenters. The minimum atomic E-state index is -0.144. The Kier molecular flexibility index (Phi) is 3.94. The first kappa shape index (κ1) is 12.8. The van der Waals surface area contributed by atoms with Gasteiger partial charge in [0.1, 0.15) is 0 Å². The SMILES string of the molecule is Cn1cc(C(=O)N(CCC#N)c2ccccc2)cn1. The van der Waals surface area contributed by atoms with Gasteiger partial charge in [-0.25, -0.2) is 0 Å². The monoisotopic (exact) mass is 254 g/mol. The number of carbonyl (C=O) groups excluding carboxylic acids is 1. The normalized spacial score (nSPS) is 9.89. The third-order valence-corrected chi connectivity index (χ3v) is 2.71. The van der Waals surface area contributed by atoms with Gasteiger partial charge >= 0.3 is 0 Å². The highest BCUT2D eigenvalue weighted by atomic mass is 16.2. The lowest BCUT2D eigenvalue weighted by molar-refractivity contribution is 0.0987. The third-order valence-electron chi connectivity index (χ3n) is 2.71. The topological polar surface area (TPSA) is 61.9 Å². The van der Waals surface area contributed by atoms with E-state index >= 15 is 0 Å². The largest absolute Gasteiger partial charge is 0.307 e. The summed E-state index contributed by atoms with van der Waals surface area (Å²) >= 11 is 0. The van der Waals surface area contributed by atoms with Crippen molar-refractivity contribution in [1.29, 1.82) is 5.26 Å². The number of aromatic nitrogens is 2. The molecular formula is C14H14N4O. The van der Waals surface area contributed by atoms with E-state index in [1.54, 1.807) is 22.8 Å². The van der Waals surface area contributed by atoms with Gasteiger partial charge < -0.3 is 4.90 Å². The second-order valence-electron chi connectivity index (χ2n) is 4.10. The lowest BCUT2D eigenvalue weighted by Crippen LogP contribution is -2.31. The standard InChI is InChI=1S/C14H14N4O/c1-17-11-12(10-16-17)14(19)18(9-5-8-15)13-6-3-2-4-7-13/h2-4,6-7,10-11H,5,9H2,1H3. The maximum atomic E-state index is 12.4. The molecule has 0 aliphatic heterocycles. The molecular weight excluding hydrogens is 240 g/mol. The van der Waals surface area contributed by atoms with E-state index < -0.39 is 0 Å². The Bertz CT molecular complexity index is 597. The highest BCUT2D eigenvalue weighted by Crippen LogP contribution is 2.16. The van der Waals surface area contributed by atoms with Gasteiger partial charge in [0, 0.05) is 25.5 Å². The van der Waals surface area contributed by atoms with Crippen LogP contribution in [-0.4, -0.2) is 22.2 Å². The molecule has 5 heteroatoms. The maximum Gasteiger partial charge on any atom is 0.261 e. The van der Waals surface area contributed by atoms with E-state index in [0.29, 0.717) is 18.5 Å². The molecule has 19 heavy (non-hydrogen) atoms. The van der Waals surface area contributed by atoms with Gasteiger partial charge in [-0.2, -0.15) is 10.4 Å². The molecule has 2 rings (SSSR count). The van der Waals surface area contributed by atoms with E-state index in [1.165, 1.54) is 6.20 Å². The molecule has 0 fully saturated rings. The molecule has 0 atom stereocenters. The van der Waals surface area contributed by atoms with Crippen LogP contribution in [0.3, 0.4) is 0 Å². The zero-order valence-electron chi connectivity index (χ0n) is 10.7. The van der Waals surface area contributed by atoms with E-state index in [2.05, 4.69) is 11.2 Å². The molecule has 0 bridgehead atoms. The van der Waals surface area contributed by atoms with Gasteiger partial charge in [0.25, 0.3) is 5.91 Å². The number of para-hydroxylation sites is 1. The van der Waals surface area contributed by atoms with Crippen LogP contribution in [0, 0.1) is 11.3 Å². The summed E-state index contributed by atoms with van der Waals surface area (Å²) in [4.78, 5) is 14.0. The zero-order chi connectivity index (χ0) is 13.7. The van der Waals surface area contributed by atoms with Crippen LogP contribution in [0.4, 0.5) is 5.69 Å². The fourth-order valence-electron chi connectivity index (χ4n) is 1.81. The summed E-state index contributed by atoms with van der Waals surface area (Å²) in [6.45, 7) is 0.369. The summed E-state index contributed by atoms with van der Waals surface area (Å²) in [5.41, 5.74) is 1.30. The molecule has 0 aliphatic carbocycles. The predicted octanol–water partition coefficient (Wildman–Crippen LogP) is 1.98. The number of amides is 1. The van der Waals surface area contributed by atoms with Crippen LogP contribution >= 0.6 is 0 Å². The van der Waals surface area contributed by atoms with Gasteiger partial charge in [-0.3, -0.25) is 9.48 Å². The fourth-order valence-corrected chi connectivity index (χ4v) is 1.81. The minimum Gasteiger partial charge on any atom is -0.307 e. The molecule has 1 amide bonds. The Labute approximate surface area is 111 Å². The quantitative estimate of drug-likeness (QED) is 0.838. The van der Waals surface area contributed by atoms with Crippen molar-refractivity contribution in [2.45, 2.75) is 6.42 Å².